The molecule has 2 aromatic rings. The summed E-state index contributed by atoms with van der Waals surface area (Å²) in [7, 11) is 0. The van der Waals surface area contributed by atoms with Crippen LogP contribution in [0, 0.1) is 11.8 Å². The molecule has 1 saturated carbocycles. The summed E-state index contributed by atoms with van der Waals surface area (Å²) in [5.74, 6) is 0.227. The summed E-state index contributed by atoms with van der Waals surface area (Å²) < 4.78 is 5.14. The quantitative estimate of drug-likeness (QED) is 0.808. The van der Waals surface area contributed by atoms with Crippen LogP contribution in [0.3, 0.4) is 0 Å². The van der Waals surface area contributed by atoms with Crippen molar-refractivity contribution < 1.29 is 14.3 Å². The number of esters is 1. The summed E-state index contributed by atoms with van der Waals surface area (Å²) in [4.78, 5) is 28.6. The molecule has 26 heavy (non-hydrogen) atoms. The second-order valence-electron chi connectivity index (χ2n) is 6.92. The average Bonchev–Trinajstić information content (AvgIpc) is 3.14. The molecule has 3 rings (SSSR count). The maximum absolute atomic E-state index is 12.1. The molecule has 5 nitrogen and oxygen atoms in total. The molecular weight excluding hydrogens is 348 g/mol. The minimum Gasteiger partial charge on any atom is -0.451 e. The topological polar surface area (TPSA) is 68.3 Å². The van der Waals surface area contributed by atoms with Crippen LogP contribution >= 0.6 is 11.3 Å². The molecular formula is C20H24N2O3S. The fraction of sp³-hybridized carbons (Fsp3) is 0.450. The van der Waals surface area contributed by atoms with Crippen molar-refractivity contribution in [2.45, 2.75) is 39.2 Å². The number of ether oxygens (including phenoxy) is 1. The van der Waals surface area contributed by atoms with E-state index in [0.717, 1.165) is 23.4 Å². The molecule has 6 heteroatoms. The molecule has 1 aliphatic carbocycles. The lowest BCUT2D eigenvalue weighted by atomic mass is 9.78. The molecule has 1 aliphatic rings. The first-order chi connectivity index (χ1) is 12.5. The molecule has 1 amide bonds. The number of hydrogen-bond donors (Lipinski definition) is 1. The third-order valence-electron chi connectivity index (χ3n) is 5.12. The zero-order valence-corrected chi connectivity index (χ0v) is 15.9. The van der Waals surface area contributed by atoms with Gasteiger partial charge >= 0.3 is 5.97 Å². The van der Waals surface area contributed by atoms with Crippen LogP contribution in [0.4, 0.5) is 0 Å². The largest absolute Gasteiger partial charge is 0.451 e. The first kappa shape index (κ1) is 18.6. The van der Waals surface area contributed by atoms with Crippen molar-refractivity contribution in [3.63, 3.8) is 0 Å². The van der Waals surface area contributed by atoms with Crippen LogP contribution in [-0.4, -0.2) is 29.5 Å². The summed E-state index contributed by atoms with van der Waals surface area (Å²) >= 11 is 1.38. The van der Waals surface area contributed by atoms with Crippen molar-refractivity contribution in [2.24, 2.45) is 11.8 Å². The number of aromatic nitrogens is 1. The Labute approximate surface area is 157 Å². The highest BCUT2D eigenvalue weighted by molar-refractivity contribution is 7.13. The van der Waals surface area contributed by atoms with E-state index in [1.165, 1.54) is 17.8 Å². The van der Waals surface area contributed by atoms with Gasteiger partial charge in [0.15, 0.2) is 12.3 Å². The summed E-state index contributed by atoms with van der Waals surface area (Å²) in [6, 6.07) is 9.81. The Bertz CT molecular complexity index is 759. The van der Waals surface area contributed by atoms with E-state index in [0.29, 0.717) is 11.8 Å². The van der Waals surface area contributed by atoms with E-state index in [2.05, 4.69) is 24.1 Å². The molecule has 138 valence electrons. The van der Waals surface area contributed by atoms with Crippen LogP contribution in [0.1, 0.15) is 43.6 Å². The number of benzene rings is 1. The van der Waals surface area contributed by atoms with Crippen LogP contribution in [0.2, 0.25) is 0 Å². The number of nitrogens with one attached hydrogen (secondary N) is 1. The zero-order chi connectivity index (χ0) is 18.5. The summed E-state index contributed by atoms with van der Waals surface area (Å²) in [6.45, 7) is 4.12. The van der Waals surface area contributed by atoms with Gasteiger partial charge in [-0.15, -0.1) is 11.3 Å². The van der Waals surface area contributed by atoms with E-state index in [1.54, 1.807) is 5.38 Å². The highest BCUT2D eigenvalue weighted by Crippen LogP contribution is 2.29. The van der Waals surface area contributed by atoms with Gasteiger partial charge in [-0.05, 0) is 18.3 Å². The third kappa shape index (κ3) is 4.49. The Hall–Kier alpha value is -2.21. The van der Waals surface area contributed by atoms with E-state index >= 15 is 0 Å². The summed E-state index contributed by atoms with van der Waals surface area (Å²) in [5, 5.41) is 5.42. The van der Waals surface area contributed by atoms with Crippen molar-refractivity contribution >= 4 is 23.2 Å². The molecule has 1 aromatic carbocycles. The van der Waals surface area contributed by atoms with Gasteiger partial charge in [0, 0.05) is 17.0 Å². The predicted octanol–water partition coefficient (Wildman–Crippen LogP) is 3.91. The van der Waals surface area contributed by atoms with Gasteiger partial charge in [-0.3, -0.25) is 4.79 Å². The maximum Gasteiger partial charge on any atom is 0.358 e. The van der Waals surface area contributed by atoms with Gasteiger partial charge in [-0.1, -0.05) is 57.0 Å². The Kier molecular flexibility index (Phi) is 6.04. The highest BCUT2D eigenvalue weighted by atomic mass is 32.1. The number of carbonyl (C=O) groups excluding carboxylic acids is 2. The number of amides is 1. The van der Waals surface area contributed by atoms with Crippen LogP contribution in [0.15, 0.2) is 35.7 Å². The molecule has 1 aromatic heterocycles. The Morgan fingerprint density at radius 2 is 2.00 bits per heavy atom. The molecule has 1 fully saturated rings. The smallest absolute Gasteiger partial charge is 0.358 e. The molecule has 0 spiro atoms. The lowest BCUT2D eigenvalue weighted by Crippen LogP contribution is -2.45. The minimum absolute atomic E-state index is 0.161. The first-order valence-electron chi connectivity index (χ1n) is 9.02. The molecule has 1 heterocycles. The summed E-state index contributed by atoms with van der Waals surface area (Å²) in [5.41, 5.74) is 1.19. The van der Waals surface area contributed by atoms with E-state index < -0.39 is 5.97 Å². The third-order valence-corrected chi connectivity index (χ3v) is 6.01. The second-order valence-corrected chi connectivity index (χ2v) is 7.78. The fourth-order valence-corrected chi connectivity index (χ4v) is 4.12. The zero-order valence-electron chi connectivity index (χ0n) is 15.1. The fourth-order valence-electron chi connectivity index (χ4n) is 3.32. The standard InChI is InChI=1S/C20H24N2O3S/c1-13-7-6-10-16(14(13)2)21-18(23)11-25-20(24)17-12-26-19(22-17)15-8-4-3-5-9-15/h3-5,8-9,12-14,16H,6-7,10-11H2,1-2H3,(H,21,23)/t13-,14+,16+/m0/s1. The number of carbonyl (C=O) groups is 2. The molecule has 0 saturated heterocycles. The SMILES string of the molecule is C[C@@H]1[C@@H](C)CCC[C@H]1NC(=O)COC(=O)c1csc(-c2ccccc2)n1. The van der Waals surface area contributed by atoms with Crippen molar-refractivity contribution in [3.8, 4) is 10.6 Å². The maximum atomic E-state index is 12.1. The van der Waals surface area contributed by atoms with Crippen LogP contribution < -0.4 is 5.32 Å². The van der Waals surface area contributed by atoms with Gasteiger partial charge < -0.3 is 10.1 Å². The normalized spacial score (nSPS) is 22.6. The number of thiazole rings is 1. The van der Waals surface area contributed by atoms with Gasteiger partial charge in [-0.2, -0.15) is 0 Å². The molecule has 0 radical (unpaired) electrons. The van der Waals surface area contributed by atoms with Crippen LogP contribution in [0.5, 0.6) is 0 Å². The van der Waals surface area contributed by atoms with Gasteiger partial charge in [0.25, 0.3) is 5.91 Å². The predicted molar refractivity (Wildman–Crippen MR) is 102 cm³/mol. The van der Waals surface area contributed by atoms with E-state index in [-0.39, 0.29) is 24.2 Å². The van der Waals surface area contributed by atoms with Crippen molar-refractivity contribution in [1.29, 1.82) is 0 Å². The first-order valence-corrected chi connectivity index (χ1v) is 9.90. The van der Waals surface area contributed by atoms with Crippen molar-refractivity contribution in [2.75, 3.05) is 6.61 Å². The molecule has 3 atom stereocenters. The Morgan fingerprint density at radius 1 is 1.23 bits per heavy atom. The lowest BCUT2D eigenvalue weighted by molar-refractivity contribution is -0.125. The molecule has 0 unspecified atom stereocenters. The average molecular weight is 372 g/mol. The number of nitrogens with zero attached hydrogens (tertiary/aromatic N) is 1. The van der Waals surface area contributed by atoms with Crippen LogP contribution in [0.25, 0.3) is 10.6 Å². The lowest BCUT2D eigenvalue weighted by Gasteiger charge is -2.34. The van der Waals surface area contributed by atoms with Crippen molar-refractivity contribution in [1.82, 2.24) is 10.3 Å². The van der Waals surface area contributed by atoms with Gasteiger partial charge in [-0.25, -0.2) is 9.78 Å². The van der Waals surface area contributed by atoms with Crippen molar-refractivity contribution in [3.05, 3.63) is 41.4 Å². The van der Waals surface area contributed by atoms with Gasteiger partial charge in [0.1, 0.15) is 5.01 Å². The van der Waals surface area contributed by atoms with Gasteiger partial charge in [0.05, 0.1) is 0 Å². The molecule has 1 N–H and O–H groups in total. The molecule has 0 bridgehead atoms. The van der Waals surface area contributed by atoms with E-state index in [1.807, 2.05) is 30.3 Å². The molecule has 0 aliphatic heterocycles. The van der Waals surface area contributed by atoms with E-state index in [4.69, 9.17) is 4.74 Å². The Morgan fingerprint density at radius 3 is 2.77 bits per heavy atom. The monoisotopic (exact) mass is 372 g/mol. The number of hydrogen-bond acceptors (Lipinski definition) is 5. The van der Waals surface area contributed by atoms with Crippen LogP contribution in [-0.2, 0) is 9.53 Å². The highest BCUT2D eigenvalue weighted by Gasteiger charge is 2.28. The minimum atomic E-state index is -0.566. The Balaban J connectivity index is 1.51. The second kappa shape index (κ2) is 8.45. The number of rotatable bonds is 5. The summed E-state index contributed by atoms with van der Waals surface area (Å²) in [6.07, 6.45) is 3.31. The van der Waals surface area contributed by atoms with E-state index in [9.17, 15) is 9.59 Å². The van der Waals surface area contributed by atoms with Gasteiger partial charge in [0.2, 0.25) is 0 Å².